The van der Waals surface area contributed by atoms with Gasteiger partial charge in [-0.15, -0.1) is 0 Å². The lowest BCUT2D eigenvalue weighted by Crippen LogP contribution is -2.40. The third-order valence-electron chi connectivity index (χ3n) is 5.15. The molecule has 1 aliphatic heterocycles. The minimum Gasteiger partial charge on any atom is -0.497 e. The molecule has 0 spiro atoms. The average Bonchev–Trinajstić information content (AvgIpc) is 2.66. The van der Waals surface area contributed by atoms with Gasteiger partial charge in [0.2, 0.25) is 0 Å². The van der Waals surface area contributed by atoms with Gasteiger partial charge in [-0.1, -0.05) is 0 Å². The largest absolute Gasteiger partial charge is 0.497 e. The van der Waals surface area contributed by atoms with Gasteiger partial charge in [0.05, 0.1) is 14.2 Å². The Morgan fingerprint density at radius 3 is 2.62 bits per heavy atom. The molecule has 0 radical (unpaired) electrons. The average molecular weight is 363 g/mol. The van der Waals surface area contributed by atoms with Crippen LogP contribution in [0.5, 0.6) is 11.5 Å². The van der Waals surface area contributed by atoms with Crippen LogP contribution in [-0.4, -0.2) is 70.8 Å². The van der Waals surface area contributed by atoms with E-state index in [-0.39, 0.29) is 0 Å². The molecule has 6 heteroatoms. The smallest absolute Gasteiger partial charge is 0.193 e. The van der Waals surface area contributed by atoms with Crippen molar-refractivity contribution in [3.05, 3.63) is 23.8 Å². The van der Waals surface area contributed by atoms with E-state index in [1.54, 1.807) is 14.2 Å². The highest BCUT2D eigenvalue weighted by molar-refractivity contribution is 5.79. The number of piperidine rings is 1. The van der Waals surface area contributed by atoms with Gasteiger partial charge in [0.15, 0.2) is 5.96 Å². The number of nitrogens with zero attached hydrogens (tertiary/aromatic N) is 3. The standard InChI is InChI=1S/C20H34N4O2/c1-21-20(22-11-8-16-9-12-23(2)13-10-16)24(3)15-17-6-7-18(25-4)14-19(17)26-5/h6-7,14,16H,8-13,15H2,1-5H3,(H,21,22). The minimum absolute atomic E-state index is 0.723. The monoisotopic (exact) mass is 362 g/mol. The Morgan fingerprint density at radius 2 is 2.00 bits per heavy atom. The second-order valence-electron chi connectivity index (χ2n) is 7.04. The first-order valence-electron chi connectivity index (χ1n) is 9.38. The molecule has 6 nitrogen and oxygen atoms in total. The third kappa shape index (κ3) is 5.80. The molecule has 1 fully saturated rings. The summed E-state index contributed by atoms with van der Waals surface area (Å²) in [5.41, 5.74) is 1.11. The highest BCUT2D eigenvalue weighted by atomic mass is 16.5. The van der Waals surface area contributed by atoms with Crippen LogP contribution < -0.4 is 14.8 Å². The number of likely N-dealkylation sites (tertiary alicyclic amines) is 1. The van der Waals surface area contributed by atoms with Crippen LogP contribution in [0, 0.1) is 5.92 Å². The number of rotatable bonds is 7. The van der Waals surface area contributed by atoms with Crippen LogP contribution >= 0.6 is 0 Å². The molecule has 0 aliphatic carbocycles. The molecule has 1 aromatic rings. The molecule has 1 N–H and O–H groups in total. The molecule has 26 heavy (non-hydrogen) atoms. The van der Waals surface area contributed by atoms with Crippen LogP contribution in [0.3, 0.4) is 0 Å². The summed E-state index contributed by atoms with van der Waals surface area (Å²) in [6, 6.07) is 5.92. The molecule has 1 heterocycles. The topological polar surface area (TPSA) is 49.3 Å². The van der Waals surface area contributed by atoms with E-state index in [2.05, 4.69) is 34.2 Å². The summed E-state index contributed by atoms with van der Waals surface area (Å²) in [7, 11) is 9.44. The Hall–Kier alpha value is -1.95. The fourth-order valence-corrected chi connectivity index (χ4v) is 3.44. The van der Waals surface area contributed by atoms with E-state index in [9.17, 15) is 0 Å². The number of hydrogen-bond donors (Lipinski definition) is 1. The van der Waals surface area contributed by atoms with E-state index in [0.717, 1.165) is 42.0 Å². The van der Waals surface area contributed by atoms with Crippen molar-refractivity contribution >= 4 is 5.96 Å². The highest BCUT2D eigenvalue weighted by Crippen LogP contribution is 2.25. The van der Waals surface area contributed by atoms with Gasteiger partial charge < -0.3 is 24.6 Å². The Morgan fingerprint density at radius 1 is 1.27 bits per heavy atom. The lowest BCUT2D eigenvalue weighted by atomic mass is 9.94. The predicted molar refractivity (Wildman–Crippen MR) is 107 cm³/mol. The summed E-state index contributed by atoms with van der Waals surface area (Å²) in [4.78, 5) is 8.97. The molecule has 0 atom stereocenters. The second-order valence-corrected chi connectivity index (χ2v) is 7.04. The number of benzene rings is 1. The number of ether oxygens (including phenoxy) is 2. The van der Waals surface area contributed by atoms with Crippen molar-refractivity contribution in [3.63, 3.8) is 0 Å². The zero-order chi connectivity index (χ0) is 18.9. The van der Waals surface area contributed by atoms with Gasteiger partial charge in [0, 0.05) is 38.8 Å². The van der Waals surface area contributed by atoms with Crippen LogP contribution in [-0.2, 0) is 6.54 Å². The van der Waals surface area contributed by atoms with Gasteiger partial charge in [-0.05, 0) is 57.5 Å². The number of aliphatic imine (C=N–C) groups is 1. The van der Waals surface area contributed by atoms with Crippen LogP contribution in [0.2, 0.25) is 0 Å². The molecule has 0 aromatic heterocycles. The van der Waals surface area contributed by atoms with Crippen LogP contribution in [0.15, 0.2) is 23.2 Å². The lowest BCUT2D eigenvalue weighted by molar-refractivity contribution is 0.212. The SMILES string of the molecule is CN=C(NCCC1CCN(C)CC1)N(C)Cc1ccc(OC)cc1OC. The zero-order valence-corrected chi connectivity index (χ0v) is 16.9. The van der Waals surface area contributed by atoms with Crippen molar-refractivity contribution in [3.8, 4) is 11.5 Å². The summed E-state index contributed by atoms with van der Waals surface area (Å²) in [5, 5.41) is 3.50. The Labute approximate surface area is 158 Å². The highest BCUT2D eigenvalue weighted by Gasteiger charge is 2.17. The molecule has 2 rings (SSSR count). The van der Waals surface area contributed by atoms with Crippen LogP contribution in [0.4, 0.5) is 0 Å². The van der Waals surface area contributed by atoms with E-state index in [1.165, 1.54) is 32.4 Å². The van der Waals surface area contributed by atoms with Crippen molar-refractivity contribution < 1.29 is 9.47 Å². The molecule has 0 saturated carbocycles. The Balaban J connectivity index is 1.85. The number of hydrogen-bond acceptors (Lipinski definition) is 4. The molecule has 146 valence electrons. The maximum absolute atomic E-state index is 5.50. The van der Waals surface area contributed by atoms with Gasteiger partial charge in [0.1, 0.15) is 11.5 Å². The number of guanidine groups is 1. The Kier molecular flexibility index (Phi) is 8.04. The van der Waals surface area contributed by atoms with Crippen molar-refractivity contribution in [1.82, 2.24) is 15.1 Å². The normalized spacial score (nSPS) is 16.4. The fraction of sp³-hybridized carbons (Fsp3) is 0.650. The molecule has 1 aliphatic rings. The van der Waals surface area contributed by atoms with Gasteiger partial charge in [0.25, 0.3) is 0 Å². The molecule has 0 bridgehead atoms. The first-order valence-corrected chi connectivity index (χ1v) is 9.38. The lowest BCUT2D eigenvalue weighted by Gasteiger charge is -2.29. The van der Waals surface area contributed by atoms with E-state index in [4.69, 9.17) is 9.47 Å². The third-order valence-corrected chi connectivity index (χ3v) is 5.15. The zero-order valence-electron chi connectivity index (χ0n) is 16.9. The summed E-state index contributed by atoms with van der Waals surface area (Å²) in [6.45, 7) is 4.12. The van der Waals surface area contributed by atoms with Gasteiger partial charge in [-0.2, -0.15) is 0 Å². The Bertz CT molecular complexity index is 583. The van der Waals surface area contributed by atoms with E-state index in [0.29, 0.717) is 0 Å². The molecule has 0 unspecified atom stereocenters. The molecular weight excluding hydrogens is 328 g/mol. The molecule has 1 aromatic carbocycles. The first-order chi connectivity index (χ1) is 12.6. The van der Waals surface area contributed by atoms with Crippen LogP contribution in [0.1, 0.15) is 24.8 Å². The van der Waals surface area contributed by atoms with E-state index >= 15 is 0 Å². The summed E-state index contributed by atoms with van der Waals surface area (Å²) in [5.74, 6) is 3.37. The maximum Gasteiger partial charge on any atom is 0.193 e. The predicted octanol–water partition coefficient (Wildman–Crippen LogP) is 2.44. The van der Waals surface area contributed by atoms with Crippen molar-refractivity contribution in [2.45, 2.75) is 25.8 Å². The van der Waals surface area contributed by atoms with Crippen molar-refractivity contribution in [2.75, 3.05) is 55.0 Å². The van der Waals surface area contributed by atoms with Crippen molar-refractivity contribution in [1.29, 1.82) is 0 Å². The quantitative estimate of drug-likeness (QED) is 0.596. The fourth-order valence-electron chi connectivity index (χ4n) is 3.44. The molecular formula is C20H34N4O2. The van der Waals surface area contributed by atoms with Gasteiger partial charge in [-0.3, -0.25) is 4.99 Å². The van der Waals surface area contributed by atoms with Gasteiger partial charge >= 0.3 is 0 Å². The second kappa shape index (κ2) is 10.3. The van der Waals surface area contributed by atoms with Crippen LogP contribution in [0.25, 0.3) is 0 Å². The first kappa shape index (κ1) is 20.4. The number of nitrogens with one attached hydrogen (secondary N) is 1. The van der Waals surface area contributed by atoms with E-state index in [1.807, 2.05) is 25.2 Å². The van der Waals surface area contributed by atoms with E-state index < -0.39 is 0 Å². The molecule has 0 amide bonds. The van der Waals surface area contributed by atoms with Crippen molar-refractivity contribution in [2.24, 2.45) is 10.9 Å². The summed E-state index contributed by atoms with van der Waals surface area (Å²) >= 11 is 0. The van der Waals surface area contributed by atoms with Gasteiger partial charge in [-0.25, -0.2) is 0 Å². The number of methoxy groups -OCH3 is 2. The summed E-state index contributed by atoms with van der Waals surface area (Å²) in [6.07, 6.45) is 3.80. The maximum atomic E-state index is 5.50. The minimum atomic E-state index is 0.723. The molecule has 1 saturated heterocycles. The summed E-state index contributed by atoms with van der Waals surface area (Å²) < 4.78 is 10.8.